The van der Waals surface area contributed by atoms with E-state index in [9.17, 15) is 5.11 Å². The van der Waals surface area contributed by atoms with Gasteiger partial charge in [0, 0.05) is 37.7 Å². The molecule has 3 rings (SSSR count). The van der Waals surface area contributed by atoms with E-state index in [1.807, 2.05) is 31.2 Å². The summed E-state index contributed by atoms with van der Waals surface area (Å²) in [7, 11) is 0. The van der Waals surface area contributed by atoms with Gasteiger partial charge in [-0.15, -0.1) is 0 Å². The molecule has 28 heavy (non-hydrogen) atoms. The molecule has 6 heteroatoms. The summed E-state index contributed by atoms with van der Waals surface area (Å²) < 4.78 is 0. The van der Waals surface area contributed by atoms with Crippen LogP contribution >= 0.6 is 11.6 Å². The van der Waals surface area contributed by atoms with Gasteiger partial charge in [-0.2, -0.15) is 0 Å². The average Bonchev–Trinajstić information content (AvgIpc) is 2.71. The van der Waals surface area contributed by atoms with Crippen LogP contribution in [-0.2, 0) is 19.5 Å². The van der Waals surface area contributed by atoms with Crippen molar-refractivity contribution >= 4 is 17.6 Å². The van der Waals surface area contributed by atoms with Crippen LogP contribution in [-0.4, -0.2) is 48.2 Å². The molecule has 1 unspecified atom stereocenters. The van der Waals surface area contributed by atoms with Crippen LogP contribution < -0.4 is 10.6 Å². The zero-order valence-electron chi connectivity index (χ0n) is 16.4. The number of nitrogens with one attached hydrogen (secondary N) is 2. The van der Waals surface area contributed by atoms with Crippen LogP contribution in [0.5, 0.6) is 0 Å². The van der Waals surface area contributed by atoms with Crippen molar-refractivity contribution < 1.29 is 5.11 Å². The normalized spacial score (nSPS) is 15.8. The molecule has 5 nitrogen and oxygen atoms in total. The molecule has 3 N–H and O–H groups in total. The lowest BCUT2D eigenvalue weighted by Gasteiger charge is -2.30. The topological polar surface area (TPSA) is 59.9 Å². The molecule has 0 aromatic heterocycles. The van der Waals surface area contributed by atoms with E-state index in [4.69, 9.17) is 11.6 Å². The highest BCUT2D eigenvalue weighted by atomic mass is 35.5. The van der Waals surface area contributed by atoms with Crippen LogP contribution in [0, 0.1) is 0 Å². The number of hydrogen-bond acceptors (Lipinski definition) is 3. The second-order valence-corrected chi connectivity index (χ2v) is 7.55. The van der Waals surface area contributed by atoms with Crippen molar-refractivity contribution in [2.75, 3.05) is 26.2 Å². The molecule has 0 bridgehead atoms. The molecule has 150 valence electrons. The minimum atomic E-state index is -0.454. The van der Waals surface area contributed by atoms with Crippen molar-refractivity contribution in [3.8, 4) is 0 Å². The van der Waals surface area contributed by atoms with Crippen LogP contribution in [0.15, 0.2) is 53.5 Å². The van der Waals surface area contributed by atoms with Crippen molar-refractivity contribution in [3.05, 3.63) is 70.2 Å². The number of fused-ring (bicyclic) bond motifs is 1. The molecule has 0 saturated carbocycles. The van der Waals surface area contributed by atoms with Crippen molar-refractivity contribution in [3.63, 3.8) is 0 Å². The van der Waals surface area contributed by atoms with Crippen molar-refractivity contribution in [2.24, 2.45) is 4.99 Å². The first-order valence-electron chi connectivity index (χ1n) is 9.88. The lowest BCUT2D eigenvalue weighted by Crippen LogP contribution is -2.45. The Morgan fingerprint density at radius 2 is 1.89 bits per heavy atom. The maximum atomic E-state index is 10.5. The molecule has 0 saturated heterocycles. The Morgan fingerprint density at radius 3 is 2.64 bits per heavy atom. The van der Waals surface area contributed by atoms with E-state index in [0.29, 0.717) is 25.6 Å². The molecule has 0 amide bonds. The van der Waals surface area contributed by atoms with Gasteiger partial charge in [-0.05, 0) is 42.2 Å². The number of guanidine groups is 1. The predicted molar refractivity (Wildman–Crippen MR) is 116 cm³/mol. The third-order valence-electron chi connectivity index (χ3n) is 4.86. The Labute approximate surface area is 172 Å². The van der Waals surface area contributed by atoms with Gasteiger partial charge < -0.3 is 15.7 Å². The monoisotopic (exact) mass is 400 g/mol. The Kier molecular flexibility index (Phi) is 7.71. The molecule has 1 aliphatic rings. The van der Waals surface area contributed by atoms with E-state index in [1.54, 1.807) is 0 Å². The van der Waals surface area contributed by atoms with E-state index >= 15 is 0 Å². The molecule has 2 aromatic carbocycles. The number of halogens is 1. The largest absolute Gasteiger partial charge is 0.390 e. The van der Waals surface area contributed by atoms with Crippen molar-refractivity contribution in [1.29, 1.82) is 0 Å². The van der Waals surface area contributed by atoms with Gasteiger partial charge in [0.1, 0.15) is 0 Å². The zero-order chi connectivity index (χ0) is 19.8. The van der Waals surface area contributed by atoms with E-state index in [2.05, 4.69) is 44.8 Å². The highest BCUT2D eigenvalue weighted by Crippen LogP contribution is 2.18. The predicted octanol–water partition coefficient (Wildman–Crippen LogP) is 2.81. The number of β-amino-alcohol motifs (C(OH)–C–C–N with tert-alkyl or cyclic N) is 1. The Bertz CT molecular complexity index is 778. The summed E-state index contributed by atoms with van der Waals surface area (Å²) in [6, 6.07) is 16.2. The van der Waals surface area contributed by atoms with Gasteiger partial charge in [-0.25, -0.2) is 4.99 Å². The summed E-state index contributed by atoms with van der Waals surface area (Å²) in [5, 5.41) is 17.7. The molecule has 2 aromatic rings. The number of hydrogen-bond donors (Lipinski definition) is 3. The molecule has 1 heterocycles. The standard InChI is InChI=1S/C22H29ClN4O/c1-2-24-22(25-13-17-7-9-20(23)10-8-17)26-14-21(28)16-27-12-11-18-5-3-4-6-19(18)15-27/h3-10,21,28H,2,11-16H2,1H3,(H2,24,25,26). The summed E-state index contributed by atoms with van der Waals surface area (Å²) in [4.78, 5) is 6.90. The van der Waals surface area contributed by atoms with Crippen LogP contribution in [0.4, 0.5) is 0 Å². The van der Waals surface area contributed by atoms with Gasteiger partial charge in [0.25, 0.3) is 0 Å². The van der Waals surface area contributed by atoms with Crippen LogP contribution in [0.1, 0.15) is 23.6 Å². The summed E-state index contributed by atoms with van der Waals surface area (Å²) in [5.74, 6) is 0.709. The quantitative estimate of drug-likeness (QED) is 0.494. The average molecular weight is 401 g/mol. The highest BCUT2D eigenvalue weighted by Gasteiger charge is 2.18. The van der Waals surface area contributed by atoms with E-state index < -0.39 is 6.10 Å². The van der Waals surface area contributed by atoms with Crippen LogP contribution in [0.25, 0.3) is 0 Å². The van der Waals surface area contributed by atoms with Crippen molar-refractivity contribution in [2.45, 2.75) is 32.5 Å². The van der Waals surface area contributed by atoms with Crippen LogP contribution in [0.2, 0.25) is 5.02 Å². The molecule has 0 radical (unpaired) electrons. The molecule has 1 atom stereocenters. The second-order valence-electron chi connectivity index (χ2n) is 7.11. The minimum absolute atomic E-state index is 0.454. The number of nitrogens with zero attached hydrogens (tertiary/aromatic N) is 2. The fourth-order valence-electron chi connectivity index (χ4n) is 3.39. The van der Waals surface area contributed by atoms with Gasteiger partial charge in [0.05, 0.1) is 12.6 Å². The lowest BCUT2D eigenvalue weighted by atomic mass is 10.00. The van der Waals surface area contributed by atoms with E-state index in [-0.39, 0.29) is 0 Å². The third-order valence-corrected chi connectivity index (χ3v) is 5.11. The Balaban J connectivity index is 1.47. The second kappa shape index (κ2) is 10.5. The summed E-state index contributed by atoms with van der Waals surface area (Å²) in [6.45, 7) is 6.36. The fraction of sp³-hybridized carbons (Fsp3) is 0.409. The SMILES string of the molecule is CCNC(=NCc1ccc(Cl)cc1)NCC(O)CN1CCc2ccccc2C1. The molecule has 0 spiro atoms. The first kappa shape index (κ1) is 20.6. The van der Waals surface area contributed by atoms with E-state index in [1.165, 1.54) is 11.1 Å². The Hall–Kier alpha value is -2.08. The number of aliphatic imine (C=N–C) groups is 1. The third kappa shape index (κ3) is 6.23. The van der Waals surface area contributed by atoms with Gasteiger partial charge in [0.15, 0.2) is 5.96 Å². The molecule has 1 aliphatic heterocycles. The van der Waals surface area contributed by atoms with Gasteiger partial charge >= 0.3 is 0 Å². The molecular weight excluding hydrogens is 372 g/mol. The fourth-order valence-corrected chi connectivity index (χ4v) is 3.51. The molecule has 0 fully saturated rings. The first-order chi connectivity index (χ1) is 13.6. The summed E-state index contributed by atoms with van der Waals surface area (Å²) >= 11 is 5.92. The zero-order valence-corrected chi connectivity index (χ0v) is 17.1. The highest BCUT2D eigenvalue weighted by molar-refractivity contribution is 6.30. The van der Waals surface area contributed by atoms with Crippen molar-refractivity contribution in [1.82, 2.24) is 15.5 Å². The van der Waals surface area contributed by atoms with E-state index in [0.717, 1.165) is 36.6 Å². The minimum Gasteiger partial charge on any atom is -0.390 e. The summed E-state index contributed by atoms with van der Waals surface area (Å²) in [5.41, 5.74) is 3.89. The summed E-state index contributed by atoms with van der Waals surface area (Å²) in [6.07, 6.45) is 0.589. The maximum absolute atomic E-state index is 10.5. The van der Waals surface area contributed by atoms with Gasteiger partial charge in [-0.1, -0.05) is 48.0 Å². The smallest absolute Gasteiger partial charge is 0.191 e. The van der Waals surface area contributed by atoms with Gasteiger partial charge in [-0.3, -0.25) is 4.90 Å². The first-order valence-corrected chi connectivity index (χ1v) is 10.3. The number of benzene rings is 2. The number of aliphatic hydroxyl groups is 1. The lowest BCUT2D eigenvalue weighted by molar-refractivity contribution is 0.108. The maximum Gasteiger partial charge on any atom is 0.191 e. The Morgan fingerprint density at radius 1 is 1.14 bits per heavy atom. The van der Waals surface area contributed by atoms with Crippen LogP contribution in [0.3, 0.4) is 0 Å². The van der Waals surface area contributed by atoms with Gasteiger partial charge in [0.2, 0.25) is 0 Å². The molecule has 0 aliphatic carbocycles. The number of rotatable bonds is 7. The molecular formula is C22H29ClN4O. The number of aliphatic hydroxyl groups excluding tert-OH is 1.